The van der Waals surface area contributed by atoms with E-state index in [4.69, 9.17) is 0 Å². The molecule has 0 amide bonds. The topological polar surface area (TPSA) is 0 Å². The van der Waals surface area contributed by atoms with Gasteiger partial charge in [-0.2, -0.15) is 0 Å². The summed E-state index contributed by atoms with van der Waals surface area (Å²) in [6.45, 7) is 10.3. The van der Waals surface area contributed by atoms with Gasteiger partial charge in [-0.25, -0.2) is 0 Å². The number of rotatable bonds is 0. The monoisotopic (exact) mass is 454 g/mol. The van der Waals surface area contributed by atoms with Crippen molar-refractivity contribution in [3.05, 3.63) is 106 Å². The summed E-state index contributed by atoms with van der Waals surface area (Å²) in [6.07, 6.45) is 2.67. The standard InChI is InChI=1S/C30H38Si2/c1-31(2)19-23-9-13-25(14-10-23)29-17-18-30(29)26-15-11-24(12-16-26)20-32(3,4)22-28-8-6-5-7-27(28)21-31/h5-16,29-30H,17-22H2,1-4H3. The van der Waals surface area contributed by atoms with Gasteiger partial charge >= 0.3 is 0 Å². The van der Waals surface area contributed by atoms with Gasteiger partial charge in [0.2, 0.25) is 0 Å². The van der Waals surface area contributed by atoms with Crippen molar-refractivity contribution in [1.82, 2.24) is 0 Å². The molecule has 166 valence electrons. The van der Waals surface area contributed by atoms with E-state index < -0.39 is 16.1 Å². The van der Waals surface area contributed by atoms with E-state index in [1.54, 1.807) is 33.4 Å². The lowest BCUT2D eigenvalue weighted by Crippen LogP contribution is -2.36. The first-order valence-corrected chi connectivity index (χ1v) is 19.4. The Balaban J connectivity index is 1.53. The average molecular weight is 455 g/mol. The van der Waals surface area contributed by atoms with Gasteiger partial charge in [-0.3, -0.25) is 0 Å². The number of hydrogen-bond acceptors (Lipinski definition) is 0. The Labute approximate surface area is 197 Å². The zero-order valence-corrected chi connectivity index (χ0v) is 22.3. The second kappa shape index (κ2) is 8.46. The second-order valence-corrected chi connectivity index (χ2v) is 22.1. The highest BCUT2D eigenvalue weighted by molar-refractivity contribution is 6.77. The lowest BCUT2D eigenvalue weighted by molar-refractivity contribution is 0.346. The quantitative estimate of drug-likeness (QED) is 0.304. The fourth-order valence-corrected chi connectivity index (χ4v) is 11.9. The third kappa shape index (κ3) is 4.72. The molecule has 0 aromatic heterocycles. The molecule has 2 unspecified atom stereocenters. The van der Waals surface area contributed by atoms with Crippen molar-refractivity contribution in [3.8, 4) is 0 Å². The molecule has 1 fully saturated rings. The largest absolute Gasteiger partial charge is 0.0689 e. The Morgan fingerprint density at radius 1 is 0.500 bits per heavy atom. The zero-order valence-electron chi connectivity index (χ0n) is 20.3. The lowest BCUT2D eigenvalue weighted by atomic mass is 9.67. The van der Waals surface area contributed by atoms with E-state index in [0.717, 1.165) is 0 Å². The van der Waals surface area contributed by atoms with Crippen LogP contribution in [0.4, 0.5) is 0 Å². The Morgan fingerprint density at radius 2 is 0.875 bits per heavy atom. The fourth-order valence-electron chi connectivity index (χ4n) is 6.23. The van der Waals surface area contributed by atoms with Gasteiger partial charge in [-0.15, -0.1) is 0 Å². The Hall–Kier alpha value is -1.91. The third-order valence-electron chi connectivity index (χ3n) is 7.91. The van der Waals surface area contributed by atoms with E-state index in [9.17, 15) is 0 Å². The Bertz CT molecular complexity index is 988. The first-order valence-electron chi connectivity index (χ1n) is 12.5. The second-order valence-electron chi connectivity index (χ2n) is 12.1. The zero-order chi connectivity index (χ0) is 22.3. The third-order valence-corrected chi connectivity index (χ3v) is 13.3. The summed E-state index contributed by atoms with van der Waals surface area (Å²) in [5.41, 5.74) is 9.42. The van der Waals surface area contributed by atoms with Crippen LogP contribution in [0.25, 0.3) is 0 Å². The molecule has 7 rings (SSSR count). The van der Waals surface area contributed by atoms with Crippen LogP contribution >= 0.6 is 0 Å². The Kier molecular flexibility index (Phi) is 5.79. The highest BCUT2D eigenvalue weighted by Gasteiger charge is 2.34. The predicted octanol–water partition coefficient (Wildman–Crippen LogP) is 7.81. The molecule has 2 atom stereocenters. The molecular weight excluding hydrogens is 417 g/mol. The van der Waals surface area contributed by atoms with Gasteiger partial charge in [0.25, 0.3) is 0 Å². The molecule has 0 nitrogen and oxygen atoms in total. The van der Waals surface area contributed by atoms with Gasteiger partial charge in [0.1, 0.15) is 0 Å². The molecule has 3 heterocycles. The molecule has 3 aromatic rings. The summed E-state index contributed by atoms with van der Waals surface area (Å²) in [7, 11) is -2.78. The molecule has 3 aliphatic heterocycles. The number of fused-ring (bicyclic) bond motifs is 2. The van der Waals surface area contributed by atoms with Crippen LogP contribution in [0.15, 0.2) is 72.8 Å². The maximum absolute atomic E-state index is 2.58. The van der Waals surface area contributed by atoms with Gasteiger partial charge in [-0.1, -0.05) is 110 Å². The minimum Gasteiger partial charge on any atom is -0.0689 e. The molecule has 32 heavy (non-hydrogen) atoms. The van der Waals surface area contributed by atoms with Gasteiger partial charge in [0.15, 0.2) is 0 Å². The summed E-state index contributed by atoms with van der Waals surface area (Å²) in [5, 5.41) is 0. The van der Waals surface area contributed by atoms with Crippen LogP contribution in [0.1, 0.15) is 58.1 Å². The van der Waals surface area contributed by atoms with Crippen molar-refractivity contribution >= 4 is 16.1 Å². The highest BCUT2D eigenvalue weighted by atomic mass is 28.3. The van der Waals surface area contributed by atoms with Gasteiger partial charge in [0.05, 0.1) is 16.1 Å². The number of benzene rings is 3. The van der Waals surface area contributed by atoms with Crippen LogP contribution in [-0.2, 0) is 24.2 Å². The van der Waals surface area contributed by atoms with Crippen LogP contribution in [0.2, 0.25) is 26.2 Å². The van der Waals surface area contributed by atoms with Crippen LogP contribution in [0.5, 0.6) is 0 Å². The Morgan fingerprint density at radius 3 is 1.22 bits per heavy atom. The van der Waals surface area contributed by atoms with Crippen molar-refractivity contribution < 1.29 is 0 Å². The summed E-state index contributed by atoms with van der Waals surface area (Å²) in [6, 6.07) is 34.0. The first-order chi connectivity index (χ1) is 15.3. The van der Waals surface area contributed by atoms with E-state index in [1.807, 2.05) is 0 Å². The van der Waals surface area contributed by atoms with Crippen molar-refractivity contribution in [1.29, 1.82) is 0 Å². The summed E-state index contributed by atoms with van der Waals surface area (Å²) < 4.78 is 0. The predicted molar refractivity (Wildman–Crippen MR) is 144 cm³/mol. The van der Waals surface area contributed by atoms with Crippen molar-refractivity contribution in [2.45, 2.75) is 75.0 Å². The molecule has 0 N–H and O–H groups in total. The van der Waals surface area contributed by atoms with Crippen molar-refractivity contribution in [2.24, 2.45) is 0 Å². The molecule has 0 spiro atoms. The summed E-state index contributed by atoms with van der Waals surface area (Å²) >= 11 is 0. The molecule has 1 aliphatic carbocycles. The SMILES string of the molecule is C[Si]1(C)Cc2ccc(cc2)C2CCC2c2ccc(cc2)C[Si](C)(C)Cc2ccccc2C1. The van der Waals surface area contributed by atoms with Crippen LogP contribution in [0, 0.1) is 0 Å². The van der Waals surface area contributed by atoms with Gasteiger partial charge in [-0.05, 0) is 71.1 Å². The van der Waals surface area contributed by atoms with Crippen molar-refractivity contribution in [3.63, 3.8) is 0 Å². The average Bonchev–Trinajstić information content (AvgIpc) is 2.70. The lowest BCUT2D eigenvalue weighted by Gasteiger charge is -2.38. The van der Waals surface area contributed by atoms with Gasteiger partial charge in [0, 0.05) is 0 Å². The molecule has 4 bridgehead atoms. The number of hydrogen-bond donors (Lipinski definition) is 0. The molecule has 3 aromatic carbocycles. The van der Waals surface area contributed by atoms with Crippen LogP contribution in [0.3, 0.4) is 0 Å². The molecule has 0 saturated heterocycles. The smallest absolute Gasteiger partial charge is 0.0561 e. The minimum atomic E-state index is -1.39. The van der Waals surface area contributed by atoms with E-state index in [-0.39, 0.29) is 0 Å². The molecular formula is C30H38Si2. The van der Waals surface area contributed by atoms with E-state index in [0.29, 0.717) is 11.8 Å². The van der Waals surface area contributed by atoms with E-state index in [1.165, 1.54) is 37.0 Å². The normalized spacial score (nSPS) is 24.0. The maximum Gasteiger partial charge on any atom is 0.0561 e. The first kappa shape index (κ1) is 21.9. The highest BCUT2D eigenvalue weighted by Crippen LogP contribution is 2.49. The molecule has 2 heteroatoms. The van der Waals surface area contributed by atoms with Crippen LogP contribution < -0.4 is 0 Å². The minimum absolute atomic E-state index is 0.705. The van der Waals surface area contributed by atoms with Crippen LogP contribution in [-0.4, -0.2) is 16.1 Å². The summed E-state index contributed by atoms with van der Waals surface area (Å²) in [4.78, 5) is 0. The van der Waals surface area contributed by atoms with E-state index >= 15 is 0 Å². The van der Waals surface area contributed by atoms with Gasteiger partial charge < -0.3 is 0 Å². The fraction of sp³-hybridized carbons (Fsp3) is 0.400. The molecule has 1 saturated carbocycles. The molecule has 0 radical (unpaired) electrons. The molecule has 4 aliphatic rings. The van der Waals surface area contributed by atoms with Crippen molar-refractivity contribution in [2.75, 3.05) is 0 Å². The van der Waals surface area contributed by atoms with E-state index in [2.05, 4.69) is 99.0 Å². The maximum atomic E-state index is 2.58. The summed E-state index contributed by atoms with van der Waals surface area (Å²) in [5.74, 6) is 1.41.